The van der Waals surface area contributed by atoms with Crippen molar-refractivity contribution in [2.45, 2.75) is 92.8 Å². The Bertz CT molecular complexity index is 468. The molecule has 0 spiro atoms. The van der Waals surface area contributed by atoms with Crippen LogP contribution in [0.15, 0.2) is 0 Å². The zero-order valence-electron chi connectivity index (χ0n) is 23.2. The number of carbonyl (C=O) groups excluding carboxylic acids is 1. The van der Waals surface area contributed by atoms with Crippen LogP contribution in [0.25, 0.3) is 0 Å². The zero-order valence-corrected chi connectivity index (χ0v) is 25.2. The number of carbonyl (C=O) groups is 1. The minimum atomic E-state index is -2.77. The summed E-state index contributed by atoms with van der Waals surface area (Å²) in [4.78, 5) is 14.7. The van der Waals surface area contributed by atoms with Gasteiger partial charge < -0.3 is 36.2 Å². The highest BCUT2D eigenvalue weighted by Crippen LogP contribution is 2.22. The second kappa shape index (κ2) is 17.8. The first kappa shape index (κ1) is 33.5. The average molecular weight is 526 g/mol. The van der Waals surface area contributed by atoms with Crippen molar-refractivity contribution >= 4 is 23.7 Å². The van der Waals surface area contributed by atoms with Crippen molar-refractivity contribution in [3.63, 3.8) is 0 Å². The summed E-state index contributed by atoms with van der Waals surface area (Å²) < 4.78 is 41.4. The number of ether oxygens (including phenoxy) is 1. The Morgan fingerprint density at radius 1 is 0.618 bits per heavy atom. The molecule has 0 rings (SSSR count). The second-order valence-corrected chi connectivity index (χ2v) is 14.1. The Kier molecular flexibility index (Phi) is 17.5. The summed E-state index contributed by atoms with van der Waals surface area (Å²) in [7, 11) is -5.54. The van der Waals surface area contributed by atoms with Gasteiger partial charge in [-0.15, -0.1) is 0 Å². The van der Waals surface area contributed by atoms with E-state index in [0.29, 0.717) is 77.7 Å². The highest BCUT2D eigenvalue weighted by molar-refractivity contribution is 6.61. The Morgan fingerprint density at radius 2 is 0.912 bits per heavy atom. The Morgan fingerprint density at radius 3 is 1.15 bits per heavy atom. The Hall–Kier alpha value is -0.536. The van der Waals surface area contributed by atoms with Gasteiger partial charge in [0.2, 0.25) is 0 Å². The lowest BCUT2D eigenvalue weighted by Crippen LogP contribution is -2.47. The molecule has 1 amide bonds. The molecule has 0 aliphatic heterocycles. The lowest BCUT2D eigenvalue weighted by Gasteiger charge is -2.32. The smallest absolute Gasteiger partial charge is 0.444 e. The molecule has 0 aliphatic rings. The van der Waals surface area contributed by atoms with E-state index in [1.165, 1.54) is 0 Å². The van der Waals surface area contributed by atoms with E-state index in [1.807, 2.05) is 62.3 Å². The number of hydrogen-bond acceptors (Lipinski definition) is 8. The zero-order chi connectivity index (χ0) is 26.1. The van der Waals surface area contributed by atoms with E-state index < -0.39 is 23.2 Å². The highest BCUT2D eigenvalue weighted by atomic mass is 28.4. The standard InChI is InChI=1S/C23H51NO8Si2/c1-10-26-33(27-11-2,28-12-3)20-16-18-24(22(25)32-23(7,8)9)19-17-21-34(29-13-4,30-14-5)31-15-6/h10-21H2,1-9H3. The Balaban J connectivity index is 5.32. The number of hydrogen-bond donors (Lipinski definition) is 0. The highest BCUT2D eigenvalue weighted by Gasteiger charge is 2.41. The minimum absolute atomic E-state index is 0.333. The van der Waals surface area contributed by atoms with Crippen molar-refractivity contribution < 1.29 is 36.1 Å². The summed E-state index contributed by atoms with van der Waals surface area (Å²) in [6.07, 6.45) is 1.05. The molecule has 0 radical (unpaired) electrons. The molecule has 204 valence electrons. The first-order valence-electron chi connectivity index (χ1n) is 12.9. The van der Waals surface area contributed by atoms with Gasteiger partial charge in [0.05, 0.1) is 0 Å². The average Bonchev–Trinajstić information content (AvgIpc) is 2.72. The van der Waals surface area contributed by atoms with E-state index in [0.717, 1.165) is 0 Å². The summed E-state index contributed by atoms with van der Waals surface area (Å²) in [6, 6.07) is 1.27. The fourth-order valence-corrected chi connectivity index (χ4v) is 8.78. The molecule has 0 aromatic rings. The summed E-state index contributed by atoms with van der Waals surface area (Å²) in [5, 5.41) is 0. The molecule has 0 N–H and O–H groups in total. The van der Waals surface area contributed by atoms with Crippen LogP contribution in [0.1, 0.15) is 75.2 Å². The fourth-order valence-electron chi connectivity index (χ4n) is 3.60. The van der Waals surface area contributed by atoms with Crippen LogP contribution >= 0.6 is 0 Å². The number of amides is 1. The van der Waals surface area contributed by atoms with Crippen LogP contribution in [0.2, 0.25) is 12.1 Å². The fraction of sp³-hybridized carbons (Fsp3) is 0.957. The van der Waals surface area contributed by atoms with Crippen LogP contribution < -0.4 is 0 Å². The summed E-state index contributed by atoms with van der Waals surface area (Å²) in [6.45, 7) is 21.5. The van der Waals surface area contributed by atoms with Gasteiger partial charge >= 0.3 is 23.7 Å². The maximum Gasteiger partial charge on any atom is 0.500 e. The molecule has 0 heterocycles. The number of rotatable bonds is 20. The molecule has 0 aromatic heterocycles. The molecule has 0 atom stereocenters. The van der Waals surface area contributed by atoms with E-state index in [4.69, 9.17) is 31.3 Å². The van der Waals surface area contributed by atoms with Crippen molar-refractivity contribution in [2.24, 2.45) is 0 Å². The molecular formula is C23H51NO8Si2. The van der Waals surface area contributed by atoms with Crippen LogP contribution in [-0.4, -0.2) is 86.9 Å². The maximum absolute atomic E-state index is 13.0. The van der Waals surface area contributed by atoms with Crippen molar-refractivity contribution in [3.8, 4) is 0 Å². The largest absolute Gasteiger partial charge is 0.500 e. The van der Waals surface area contributed by atoms with Crippen LogP contribution in [0, 0.1) is 0 Å². The predicted octanol–water partition coefficient (Wildman–Crippen LogP) is 5.10. The number of nitrogens with zero attached hydrogens (tertiary/aromatic N) is 1. The molecule has 9 nitrogen and oxygen atoms in total. The molecule has 0 unspecified atom stereocenters. The molecule has 11 heteroatoms. The third-order valence-electron chi connectivity index (χ3n) is 4.66. The first-order valence-corrected chi connectivity index (χ1v) is 16.7. The molecule has 0 saturated heterocycles. The topological polar surface area (TPSA) is 84.9 Å². The van der Waals surface area contributed by atoms with Crippen LogP contribution in [0.3, 0.4) is 0 Å². The van der Waals surface area contributed by atoms with Gasteiger partial charge in [0.25, 0.3) is 0 Å². The Labute approximate surface area is 210 Å². The molecule has 0 aliphatic carbocycles. The first-order chi connectivity index (χ1) is 16.1. The van der Waals surface area contributed by atoms with Crippen molar-refractivity contribution in [1.29, 1.82) is 0 Å². The van der Waals surface area contributed by atoms with E-state index in [-0.39, 0.29) is 6.09 Å². The second-order valence-electron chi connectivity index (χ2n) is 8.64. The van der Waals surface area contributed by atoms with Gasteiger partial charge in [-0.3, -0.25) is 0 Å². The van der Waals surface area contributed by atoms with E-state index >= 15 is 0 Å². The van der Waals surface area contributed by atoms with Crippen molar-refractivity contribution in [1.82, 2.24) is 4.90 Å². The minimum Gasteiger partial charge on any atom is -0.444 e. The van der Waals surface area contributed by atoms with Crippen LogP contribution in [0.4, 0.5) is 4.79 Å². The lowest BCUT2D eigenvalue weighted by atomic mass is 10.2. The van der Waals surface area contributed by atoms with Crippen LogP contribution in [-0.2, 0) is 31.3 Å². The quantitative estimate of drug-likeness (QED) is 0.203. The van der Waals surface area contributed by atoms with Crippen molar-refractivity contribution in [3.05, 3.63) is 0 Å². The normalized spacial score (nSPS) is 12.7. The van der Waals surface area contributed by atoms with Gasteiger partial charge in [0.1, 0.15) is 5.60 Å². The molecule has 0 saturated carbocycles. The van der Waals surface area contributed by atoms with Gasteiger partial charge in [-0.25, -0.2) is 4.79 Å². The SMILES string of the molecule is CCO[Si](CCCN(CCC[Si](OCC)(OCC)OCC)C(=O)OC(C)(C)C)(OCC)OCC. The molecule has 0 bridgehead atoms. The van der Waals surface area contributed by atoms with Gasteiger partial charge in [-0.2, -0.15) is 0 Å². The van der Waals surface area contributed by atoms with Gasteiger partial charge in [0.15, 0.2) is 0 Å². The van der Waals surface area contributed by atoms with Gasteiger partial charge in [0, 0.05) is 64.8 Å². The van der Waals surface area contributed by atoms with Crippen molar-refractivity contribution in [2.75, 3.05) is 52.7 Å². The van der Waals surface area contributed by atoms with Gasteiger partial charge in [-0.1, -0.05) is 0 Å². The van der Waals surface area contributed by atoms with Gasteiger partial charge in [-0.05, 0) is 75.2 Å². The molecular weight excluding hydrogens is 474 g/mol. The molecule has 0 aromatic carbocycles. The maximum atomic E-state index is 13.0. The molecule has 34 heavy (non-hydrogen) atoms. The van der Waals surface area contributed by atoms with E-state index in [9.17, 15) is 4.79 Å². The molecule has 0 fully saturated rings. The predicted molar refractivity (Wildman–Crippen MR) is 138 cm³/mol. The monoisotopic (exact) mass is 525 g/mol. The summed E-state index contributed by atoms with van der Waals surface area (Å²) in [5.74, 6) is 0. The van der Waals surface area contributed by atoms with E-state index in [1.54, 1.807) is 4.90 Å². The van der Waals surface area contributed by atoms with Crippen LogP contribution in [0.5, 0.6) is 0 Å². The third kappa shape index (κ3) is 13.5. The summed E-state index contributed by atoms with van der Waals surface area (Å²) >= 11 is 0. The van der Waals surface area contributed by atoms with E-state index in [2.05, 4.69) is 0 Å². The third-order valence-corrected chi connectivity index (χ3v) is 11.0. The summed E-state index contributed by atoms with van der Waals surface area (Å²) in [5.41, 5.74) is -0.573. The lowest BCUT2D eigenvalue weighted by molar-refractivity contribution is 0.0231.